The Morgan fingerprint density at radius 1 is 1.67 bits per heavy atom. The molecule has 0 spiro atoms. The molecule has 0 aromatic carbocycles. The zero-order valence-corrected chi connectivity index (χ0v) is 3.26. The fourth-order valence-electron chi connectivity index (χ4n) is 0. The Balaban J connectivity index is 0.0000000833. The molecule has 1 heterocycles. The molecule has 6 heavy (non-hydrogen) atoms. The van der Waals surface area contributed by atoms with Gasteiger partial charge >= 0.3 is 0 Å². The summed E-state index contributed by atoms with van der Waals surface area (Å²) in [5.74, 6) is 3.92. The summed E-state index contributed by atoms with van der Waals surface area (Å²) in [7, 11) is 0. The standard InChI is InChI=1S/C2H4O.H2N2O/c1-2-3-1;1-2-3/h1-2H2;(H2,1,3). The molecule has 4 heteroatoms. The molecule has 4 nitrogen and oxygen atoms in total. The average molecular weight is 90.1 g/mol. The van der Waals surface area contributed by atoms with Gasteiger partial charge in [0.2, 0.25) is 0 Å². The molecule has 1 aliphatic heterocycles. The third-order valence-corrected chi connectivity index (χ3v) is 0.204. The molecule has 0 aliphatic carbocycles. The van der Waals surface area contributed by atoms with Crippen molar-refractivity contribution in [2.45, 2.75) is 0 Å². The highest BCUT2D eigenvalue weighted by Gasteiger charge is 1.94. The van der Waals surface area contributed by atoms with Gasteiger partial charge in [0, 0.05) is 5.29 Å². The Hall–Kier alpha value is -0.640. The second-order valence-electron chi connectivity index (χ2n) is 0.718. The van der Waals surface area contributed by atoms with E-state index in [-0.39, 0.29) is 0 Å². The Morgan fingerprint density at radius 2 is 1.83 bits per heavy atom. The molecular weight excluding hydrogens is 84.0 g/mol. The number of nitroso groups, excluding NO2 is 1. The summed E-state index contributed by atoms with van der Waals surface area (Å²) in [6.45, 7) is 2.00. The summed E-state index contributed by atoms with van der Waals surface area (Å²) in [6, 6.07) is 0. The molecule has 0 amide bonds. The predicted molar refractivity (Wildman–Crippen MR) is 20.8 cm³/mol. The van der Waals surface area contributed by atoms with Crippen LogP contribution in [-0.2, 0) is 4.74 Å². The fraction of sp³-hybridized carbons (Fsp3) is 1.00. The van der Waals surface area contributed by atoms with Gasteiger partial charge in [-0.2, -0.15) is 0 Å². The molecule has 1 saturated heterocycles. The van der Waals surface area contributed by atoms with E-state index in [1.807, 2.05) is 0 Å². The summed E-state index contributed by atoms with van der Waals surface area (Å²) >= 11 is 0. The number of hydrogen-bond donors (Lipinski definition) is 1. The van der Waals surface area contributed by atoms with Crippen molar-refractivity contribution in [2.24, 2.45) is 11.1 Å². The molecule has 0 unspecified atom stereocenters. The first-order chi connectivity index (χ1) is 2.91. The Kier molecular flexibility index (Phi) is 3.89. The van der Waals surface area contributed by atoms with E-state index in [0.717, 1.165) is 13.2 Å². The van der Waals surface area contributed by atoms with Crippen molar-refractivity contribution in [1.29, 1.82) is 0 Å². The van der Waals surface area contributed by atoms with Crippen LogP contribution in [0.25, 0.3) is 0 Å². The maximum atomic E-state index is 8.33. The van der Waals surface area contributed by atoms with Crippen LogP contribution in [0.4, 0.5) is 0 Å². The van der Waals surface area contributed by atoms with Crippen LogP contribution in [0.2, 0.25) is 0 Å². The lowest BCUT2D eigenvalue weighted by molar-refractivity contribution is 0.475. The molecule has 0 aromatic heterocycles. The Bertz CT molecular complexity index is 33.8. The van der Waals surface area contributed by atoms with E-state index in [4.69, 9.17) is 4.91 Å². The number of nitrogens with two attached hydrogens (primary N) is 1. The largest absolute Gasteiger partial charge is 0.377 e. The van der Waals surface area contributed by atoms with Gasteiger partial charge in [0.15, 0.2) is 0 Å². The lowest BCUT2D eigenvalue weighted by Gasteiger charge is -1.33. The minimum absolute atomic E-state index is 1.00. The molecule has 0 atom stereocenters. The van der Waals surface area contributed by atoms with Gasteiger partial charge in [-0.25, -0.2) is 0 Å². The molecule has 1 fully saturated rings. The third-order valence-electron chi connectivity index (χ3n) is 0.204. The Labute approximate surface area is 35.2 Å². The number of epoxide rings is 1. The quantitative estimate of drug-likeness (QED) is 0.191. The van der Waals surface area contributed by atoms with Crippen LogP contribution in [0.1, 0.15) is 0 Å². The topological polar surface area (TPSA) is 68.0 Å². The zero-order chi connectivity index (χ0) is 4.83. The maximum Gasteiger partial charge on any atom is 0.0701 e. The van der Waals surface area contributed by atoms with Crippen LogP contribution < -0.4 is 5.84 Å². The predicted octanol–water partition coefficient (Wildman–Crippen LogP) is -0.357. The maximum absolute atomic E-state index is 8.33. The highest BCUT2D eigenvalue weighted by Crippen LogP contribution is 1.84. The van der Waals surface area contributed by atoms with Crippen LogP contribution in [0, 0.1) is 4.91 Å². The van der Waals surface area contributed by atoms with Gasteiger partial charge in [-0.3, -0.25) is 5.84 Å². The molecule has 0 aromatic rings. The van der Waals surface area contributed by atoms with Crippen LogP contribution in [0.3, 0.4) is 0 Å². The summed E-state index contributed by atoms with van der Waals surface area (Å²) in [4.78, 5) is 8.33. The number of rotatable bonds is 0. The van der Waals surface area contributed by atoms with Gasteiger partial charge in [-0.05, 0) is 0 Å². The second-order valence-corrected chi connectivity index (χ2v) is 0.718. The van der Waals surface area contributed by atoms with E-state index in [0.29, 0.717) is 0 Å². The first kappa shape index (κ1) is 5.36. The van der Waals surface area contributed by atoms with Crippen LogP contribution >= 0.6 is 0 Å². The first-order valence-corrected chi connectivity index (χ1v) is 1.52. The van der Waals surface area contributed by atoms with E-state index in [1.165, 1.54) is 0 Å². The minimum atomic E-state index is 1.00. The van der Waals surface area contributed by atoms with Crippen molar-refractivity contribution < 1.29 is 4.74 Å². The molecule has 36 valence electrons. The van der Waals surface area contributed by atoms with Crippen molar-refractivity contribution in [1.82, 2.24) is 0 Å². The van der Waals surface area contributed by atoms with E-state index in [1.54, 1.807) is 5.29 Å². The van der Waals surface area contributed by atoms with Gasteiger partial charge in [-0.15, -0.1) is 4.91 Å². The van der Waals surface area contributed by atoms with Gasteiger partial charge in [-0.1, -0.05) is 0 Å². The molecule has 0 bridgehead atoms. The fourth-order valence-corrected chi connectivity index (χ4v) is 0. The summed E-state index contributed by atoms with van der Waals surface area (Å²) in [5.41, 5.74) is 0. The molecule has 1 rings (SSSR count). The lowest BCUT2D eigenvalue weighted by atomic mass is 11.0. The lowest BCUT2D eigenvalue weighted by Crippen LogP contribution is -1.66. The number of ether oxygens (including phenoxy) is 1. The molecular formula is C2H6N2O2. The normalized spacial score (nSPS) is 14.0. The smallest absolute Gasteiger partial charge is 0.0701 e. The molecule has 1 aliphatic rings. The van der Waals surface area contributed by atoms with Crippen molar-refractivity contribution in [3.8, 4) is 0 Å². The van der Waals surface area contributed by atoms with Gasteiger partial charge in [0.1, 0.15) is 0 Å². The first-order valence-electron chi connectivity index (χ1n) is 1.52. The van der Waals surface area contributed by atoms with Crippen LogP contribution in [-0.4, -0.2) is 13.2 Å². The summed E-state index contributed by atoms with van der Waals surface area (Å²) in [5, 5.41) is 1.75. The van der Waals surface area contributed by atoms with Gasteiger partial charge in [0.25, 0.3) is 0 Å². The van der Waals surface area contributed by atoms with Gasteiger partial charge in [0.05, 0.1) is 13.2 Å². The van der Waals surface area contributed by atoms with Crippen LogP contribution in [0.5, 0.6) is 0 Å². The Morgan fingerprint density at radius 3 is 1.83 bits per heavy atom. The molecule has 2 N–H and O–H groups in total. The highest BCUT2D eigenvalue weighted by molar-refractivity contribution is 4.36. The molecule has 0 saturated carbocycles. The van der Waals surface area contributed by atoms with E-state index in [9.17, 15) is 0 Å². The van der Waals surface area contributed by atoms with Crippen LogP contribution in [0.15, 0.2) is 5.29 Å². The van der Waals surface area contributed by atoms with Crippen molar-refractivity contribution in [2.75, 3.05) is 13.2 Å². The van der Waals surface area contributed by atoms with E-state index < -0.39 is 0 Å². The number of nitrogens with zero attached hydrogens (tertiary/aromatic N) is 1. The van der Waals surface area contributed by atoms with Crippen molar-refractivity contribution >= 4 is 0 Å². The summed E-state index contributed by atoms with van der Waals surface area (Å²) < 4.78 is 4.50. The molecule has 0 radical (unpaired) electrons. The SMILES string of the molecule is C1CO1.NN=O. The highest BCUT2D eigenvalue weighted by atomic mass is 16.6. The second kappa shape index (κ2) is 4.36. The van der Waals surface area contributed by atoms with E-state index in [2.05, 4.69) is 10.6 Å². The zero-order valence-electron chi connectivity index (χ0n) is 3.26. The van der Waals surface area contributed by atoms with E-state index >= 15 is 0 Å². The third kappa shape index (κ3) is 144. The van der Waals surface area contributed by atoms with Gasteiger partial charge < -0.3 is 4.74 Å². The summed E-state index contributed by atoms with van der Waals surface area (Å²) in [6.07, 6.45) is 0. The monoisotopic (exact) mass is 90.0 g/mol. The minimum Gasteiger partial charge on any atom is -0.377 e. The average Bonchev–Trinajstić information content (AvgIpc) is 2.11. The number of hydrogen-bond acceptors (Lipinski definition) is 3. The van der Waals surface area contributed by atoms with Crippen molar-refractivity contribution in [3.63, 3.8) is 0 Å². The van der Waals surface area contributed by atoms with Crippen molar-refractivity contribution in [3.05, 3.63) is 4.91 Å².